The Balaban J connectivity index is 2.06. The summed E-state index contributed by atoms with van der Waals surface area (Å²) in [4.78, 5) is 22.2. The van der Waals surface area contributed by atoms with Gasteiger partial charge in [-0.15, -0.1) is 0 Å². The van der Waals surface area contributed by atoms with E-state index in [-0.39, 0.29) is 11.1 Å². The molecule has 0 bridgehead atoms. The van der Waals surface area contributed by atoms with Gasteiger partial charge in [0.25, 0.3) is 0 Å². The molecule has 3 N–H and O–H groups in total. The summed E-state index contributed by atoms with van der Waals surface area (Å²) in [6, 6.07) is 13.5. The van der Waals surface area contributed by atoms with Crippen molar-refractivity contribution in [3.63, 3.8) is 0 Å². The summed E-state index contributed by atoms with van der Waals surface area (Å²) in [6.45, 7) is 0.715. The highest BCUT2D eigenvalue weighted by atomic mass is 16.4. The van der Waals surface area contributed by atoms with Gasteiger partial charge in [-0.05, 0) is 23.3 Å². The van der Waals surface area contributed by atoms with Crippen LogP contribution in [-0.4, -0.2) is 22.2 Å². The molecule has 21 heavy (non-hydrogen) atoms. The lowest BCUT2D eigenvalue weighted by Crippen LogP contribution is -2.17. The van der Waals surface area contributed by atoms with Crippen molar-refractivity contribution in [1.29, 1.82) is 0 Å². The molecular weight excluding hydrogens is 270 g/mol. The van der Waals surface area contributed by atoms with E-state index in [1.807, 2.05) is 0 Å². The van der Waals surface area contributed by atoms with E-state index >= 15 is 0 Å². The van der Waals surface area contributed by atoms with Crippen molar-refractivity contribution in [1.82, 2.24) is 5.32 Å². The molecule has 108 valence electrons. The first-order chi connectivity index (χ1) is 10.1. The Bertz CT molecular complexity index is 609. The summed E-state index contributed by atoms with van der Waals surface area (Å²) >= 11 is 0. The molecule has 5 heteroatoms. The van der Waals surface area contributed by atoms with Crippen LogP contribution in [0.2, 0.25) is 0 Å². The second-order valence-corrected chi connectivity index (χ2v) is 4.53. The first-order valence-electron chi connectivity index (χ1n) is 6.42. The highest BCUT2D eigenvalue weighted by Gasteiger charge is 2.10. The monoisotopic (exact) mass is 285 g/mol. The van der Waals surface area contributed by atoms with Gasteiger partial charge in [0.05, 0.1) is 11.1 Å². The SMILES string of the molecule is O=C(O)c1ccccc1CNCc1ccccc1C(=O)O. The van der Waals surface area contributed by atoms with Crippen LogP contribution in [0.4, 0.5) is 0 Å². The maximum atomic E-state index is 11.1. The van der Waals surface area contributed by atoms with Crippen LogP contribution in [0.1, 0.15) is 31.8 Å². The topological polar surface area (TPSA) is 86.6 Å². The smallest absolute Gasteiger partial charge is 0.336 e. The molecule has 0 aliphatic carbocycles. The van der Waals surface area contributed by atoms with Gasteiger partial charge in [-0.1, -0.05) is 36.4 Å². The van der Waals surface area contributed by atoms with Gasteiger partial charge in [-0.2, -0.15) is 0 Å². The number of carbonyl (C=O) groups is 2. The minimum Gasteiger partial charge on any atom is -0.478 e. The molecule has 0 aliphatic heterocycles. The third-order valence-corrected chi connectivity index (χ3v) is 3.13. The molecule has 0 unspecified atom stereocenters. The minimum absolute atomic E-state index is 0.247. The summed E-state index contributed by atoms with van der Waals surface area (Å²) in [7, 11) is 0. The van der Waals surface area contributed by atoms with Crippen molar-refractivity contribution in [2.24, 2.45) is 0 Å². The average Bonchev–Trinajstić information content (AvgIpc) is 2.48. The Kier molecular flexibility index (Phi) is 4.68. The van der Waals surface area contributed by atoms with E-state index in [1.54, 1.807) is 48.5 Å². The molecule has 0 spiro atoms. The summed E-state index contributed by atoms with van der Waals surface area (Å²) in [5, 5.41) is 21.3. The fourth-order valence-electron chi connectivity index (χ4n) is 2.10. The van der Waals surface area contributed by atoms with E-state index in [2.05, 4.69) is 5.32 Å². The van der Waals surface area contributed by atoms with Gasteiger partial charge in [0.15, 0.2) is 0 Å². The number of benzene rings is 2. The first-order valence-corrected chi connectivity index (χ1v) is 6.42. The van der Waals surface area contributed by atoms with Crippen LogP contribution in [0.3, 0.4) is 0 Å². The van der Waals surface area contributed by atoms with Crippen molar-refractivity contribution < 1.29 is 19.8 Å². The molecule has 0 saturated carbocycles. The lowest BCUT2D eigenvalue weighted by molar-refractivity contribution is 0.0685. The molecule has 0 radical (unpaired) electrons. The van der Waals surface area contributed by atoms with Crippen molar-refractivity contribution in [3.8, 4) is 0 Å². The molecule has 5 nitrogen and oxygen atoms in total. The normalized spacial score (nSPS) is 10.3. The van der Waals surface area contributed by atoms with Gasteiger partial charge in [0.1, 0.15) is 0 Å². The lowest BCUT2D eigenvalue weighted by atomic mass is 10.1. The third-order valence-electron chi connectivity index (χ3n) is 3.13. The highest BCUT2D eigenvalue weighted by Crippen LogP contribution is 2.11. The third kappa shape index (κ3) is 3.67. The van der Waals surface area contributed by atoms with E-state index in [9.17, 15) is 9.59 Å². The summed E-state index contributed by atoms with van der Waals surface area (Å²) in [5.74, 6) is -1.95. The maximum Gasteiger partial charge on any atom is 0.336 e. The molecule has 0 saturated heterocycles. The fourth-order valence-corrected chi connectivity index (χ4v) is 2.10. The van der Waals surface area contributed by atoms with Gasteiger partial charge in [-0.25, -0.2) is 9.59 Å². The van der Waals surface area contributed by atoms with E-state index in [4.69, 9.17) is 10.2 Å². The van der Waals surface area contributed by atoms with E-state index in [0.29, 0.717) is 24.2 Å². The Morgan fingerprint density at radius 1 is 0.762 bits per heavy atom. The zero-order valence-electron chi connectivity index (χ0n) is 11.2. The fraction of sp³-hybridized carbons (Fsp3) is 0.125. The van der Waals surface area contributed by atoms with E-state index < -0.39 is 11.9 Å². The first kappa shape index (κ1) is 14.7. The molecular formula is C16H15NO4. The second kappa shape index (κ2) is 6.67. The minimum atomic E-state index is -0.974. The predicted molar refractivity (Wildman–Crippen MR) is 77.3 cm³/mol. The molecule has 0 fully saturated rings. The summed E-state index contributed by atoms with van der Waals surface area (Å²) in [5.41, 5.74) is 1.82. The van der Waals surface area contributed by atoms with Crippen LogP contribution in [0.5, 0.6) is 0 Å². The predicted octanol–water partition coefficient (Wildman–Crippen LogP) is 2.37. The van der Waals surface area contributed by atoms with Crippen LogP contribution in [0, 0.1) is 0 Å². The Labute approximate surface area is 121 Å². The van der Waals surface area contributed by atoms with Crippen molar-refractivity contribution in [2.45, 2.75) is 13.1 Å². The van der Waals surface area contributed by atoms with E-state index in [1.165, 1.54) is 0 Å². The molecule has 0 amide bonds. The molecule has 2 aromatic carbocycles. The summed E-state index contributed by atoms with van der Waals surface area (Å²) in [6.07, 6.45) is 0. The molecule has 0 aromatic heterocycles. The molecule has 0 aliphatic rings. The largest absolute Gasteiger partial charge is 0.478 e. The number of carboxylic acids is 2. The van der Waals surface area contributed by atoms with E-state index in [0.717, 1.165) is 0 Å². The average molecular weight is 285 g/mol. The summed E-state index contributed by atoms with van der Waals surface area (Å²) < 4.78 is 0. The van der Waals surface area contributed by atoms with Gasteiger partial charge in [0, 0.05) is 13.1 Å². The maximum absolute atomic E-state index is 11.1. The molecule has 2 aromatic rings. The van der Waals surface area contributed by atoms with Crippen LogP contribution in [0.25, 0.3) is 0 Å². The number of carboxylic acid groups (broad SMARTS) is 2. The number of rotatable bonds is 6. The van der Waals surface area contributed by atoms with Crippen molar-refractivity contribution in [3.05, 3.63) is 70.8 Å². The Hall–Kier alpha value is -2.66. The number of hydrogen-bond acceptors (Lipinski definition) is 3. The molecule has 2 rings (SSSR count). The van der Waals surface area contributed by atoms with Gasteiger partial charge in [-0.3, -0.25) is 0 Å². The highest BCUT2D eigenvalue weighted by molar-refractivity contribution is 5.89. The van der Waals surface area contributed by atoms with Gasteiger partial charge < -0.3 is 15.5 Å². The van der Waals surface area contributed by atoms with Crippen LogP contribution in [-0.2, 0) is 13.1 Å². The van der Waals surface area contributed by atoms with Crippen LogP contribution >= 0.6 is 0 Å². The Morgan fingerprint density at radius 3 is 1.52 bits per heavy atom. The number of hydrogen-bond donors (Lipinski definition) is 3. The standard InChI is InChI=1S/C16H15NO4/c18-15(19)13-7-3-1-5-11(13)9-17-10-12-6-2-4-8-14(12)16(20)21/h1-8,17H,9-10H2,(H,18,19)(H,20,21). The van der Waals surface area contributed by atoms with Crippen LogP contribution in [0.15, 0.2) is 48.5 Å². The zero-order valence-corrected chi connectivity index (χ0v) is 11.2. The van der Waals surface area contributed by atoms with Crippen molar-refractivity contribution in [2.75, 3.05) is 0 Å². The van der Waals surface area contributed by atoms with Gasteiger partial charge >= 0.3 is 11.9 Å². The lowest BCUT2D eigenvalue weighted by Gasteiger charge is -2.09. The van der Waals surface area contributed by atoms with Gasteiger partial charge in [0.2, 0.25) is 0 Å². The number of aromatic carboxylic acids is 2. The molecule has 0 heterocycles. The molecule has 0 atom stereocenters. The van der Waals surface area contributed by atoms with Crippen LogP contribution < -0.4 is 5.32 Å². The number of nitrogens with one attached hydrogen (secondary N) is 1. The van der Waals surface area contributed by atoms with Crippen molar-refractivity contribution >= 4 is 11.9 Å². The Morgan fingerprint density at radius 2 is 1.14 bits per heavy atom. The quantitative estimate of drug-likeness (QED) is 0.758. The second-order valence-electron chi connectivity index (χ2n) is 4.53. The zero-order chi connectivity index (χ0) is 15.2.